The van der Waals surface area contributed by atoms with E-state index in [1.165, 1.54) is 6.33 Å². The van der Waals surface area contributed by atoms with Gasteiger partial charge in [-0.05, 0) is 0 Å². The Bertz CT molecular complexity index is 656. The Kier molecular flexibility index (Phi) is 3.07. The van der Waals surface area contributed by atoms with E-state index >= 15 is 0 Å². The van der Waals surface area contributed by atoms with Crippen LogP contribution in [0.2, 0.25) is 0 Å². The molecule has 0 bridgehead atoms. The topological polar surface area (TPSA) is 127 Å². The van der Waals surface area contributed by atoms with Gasteiger partial charge in [-0.15, -0.1) is 0 Å². The molecule has 1 fully saturated rings. The monoisotopic (exact) mass is 284 g/mol. The van der Waals surface area contributed by atoms with Gasteiger partial charge in [0.2, 0.25) is 0 Å². The van der Waals surface area contributed by atoms with Gasteiger partial charge in [0.05, 0.1) is 24.1 Å². The molecule has 3 rings (SSSR count). The van der Waals surface area contributed by atoms with E-state index in [9.17, 15) is 10.2 Å². The van der Waals surface area contributed by atoms with Crippen LogP contribution < -0.4 is 0 Å². The average Bonchev–Trinajstić information content (AvgIpc) is 2.94. The fraction of sp³-hybridized carbons (Fsp3) is 0.500. The van der Waals surface area contributed by atoms with Crippen LogP contribution in [0, 0.1) is 4.64 Å². The molecule has 0 spiro atoms. The Balaban J connectivity index is 2.06. The van der Waals surface area contributed by atoms with Gasteiger partial charge in [0.1, 0.15) is 29.9 Å². The number of nitrogens with zero attached hydrogens (tertiary/aromatic N) is 2. The van der Waals surface area contributed by atoms with Gasteiger partial charge in [0, 0.05) is 0 Å². The minimum Gasteiger partial charge on any atom is -0.394 e. The number of aliphatic hydroxyl groups excluding tert-OH is 3. The molecule has 3 heterocycles. The third-order valence-electron chi connectivity index (χ3n) is 3.21. The Morgan fingerprint density at radius 1 is 1.37 bits per heavy atom. The van der Waals surface area contributed by atoms with Gasteiger partial charge >= 0.3 is 0 Å². The Labute approximate surface area is 112 Å². The predicted molar refractivity (Wildman–Crippen MR) is 65.8 cm³/mol. The lowest BCUT2D eigenvalue weighted by molar-refractivity contribution is -0.0236. The van der Waals surface area contributed by atoms with Gasteiger partial charge in [-0.3, -0.25) is 5.10 Å². The van der Waals surface area contributed by atoms with Gasteiger partial charge in [0.25, 0.3) is 0 Å². The first-order chi connectivity index (χ1) is 9.13. The molecule has 1 saturated heterocycles. The second-order valence-electron chi connectivity index (χ2n) is 4.33. The molecule has 2 aromatic heterocycles. The van der Waals surface area contributed by atoms with Crippen molar-refractivity contribution in [2.45, 2.75) is 24.4 Å². The summed E-state index contributed by atoms with van der Waals surface area (Å²) in [4.78, 5) is 6.78. The third-order valence-corrected chi connectivity index (χ3v) is 3.51. The minimum atomic E-state index is -1.16. The Morgan fingerprint density at radius 2 is 2.16 bits per heavy atom. The van der Waals surface area contributed by atoms with Crippen LogP contribution in [0.5, 0.6) is 0 Å². The second kappa shape index (κ2) is 4.62. The Hall–Kier alpha value is -1.39. The van der Waals surface area contributed by atoms with E-state index in [4.69, 9.17) is 22.1 Å². The van der Waals surface area contributed by atoms with Crippen molar-refractivity contribution in [3.05, 3.63) is 16.7 Å². The summed E-state index contributed by atoms with van der Waals surface area (Å²) < 4.78 is 5.75. The molecule has 1 aliphatic heterocycles. The van der Waals surface area contributed by atoms with E-state index in [2.05, 4.69) is 20.2 Å². The molecular formula is C10H12N4O4S. The summed E-state index contributed by atoms with van der Waals surface area (Å²) in [6.07, 6.45) is -2.53. The first-order valence-corrected chi connectivity index (χ1v) is 6.08. The number of ether oxygens (including phenoxy) is 1. The normalized spacial score (nSPS) is 31.1. The van der Waals surface area contributed by atoms with Crippen molar-refractivity contribution in [1.82, 2.24) is 20.2 Å². The predicted octanol–water partition coefficient (Wildman–Crippen LogP) is -0.831. The van der Waals surface area contributed by atoms with Gasteiger partial charge in [-0.2, -0.15) is 5.10 Å². The molecule has 1 aliphatic rings. The second-order valence-corrected chi connectivity index (χ2v) is 4.71. The van der Waals surface area contributed by atoms with Crippen molar-refractivity contribution >= 4 is 23.3 Å². The summed E-state index contributed by atoms with van der Waals surface area (Å²) in [5.74, 6) is 0. The van der Waals surface area contributed by atoms with Crippen LogP contribution in [-0.2, 0) is 4.74 Å². The van der Waals surface area contributed by atoms with Gasteiger partial charge in [0.15, 0.2) is 4.64 Å². The molecule has 0 aliphatic carbocycles. The van der Waals surface area contributed by atoms with Crippen molar-refractivity contribution in [2.24, 2.45) is 0 Å². The van der Waals surface area contributed by atoms with Crippen molar-refractivity contribution in [3.8, 4) is 0 Å². The lowest BCUT2D eigenvalue weighted by Gasteiger charge is -2.12. The van der Waals surface area contributed by atoms with Gasteiger partial charge in [-0.25, -0.2) is 4.98 Å². The number of rotatable bonds is 2. The summed E-state index contributed by atoms with van der Waals surface area (Å²) in [7, 11) is 0. The standard InChI is InChI=1S/C10H12N4O4S/c15-1-3-7(16)8(17)9(18-3)5-4-6(14-13-5)10(19)12-2-11-4/h2-3,7-9,15-17H,1H2,(H,13,14)(H,11,12,19)/t3-,7+,8+,9-/m0/s1. The first-order valence-electron chi connectivity index (χ1n) is 5.67. The first kappa shape index (κ1) is 12.6. The molecule has 8 nitrogen and oxygen atoms in total. The molecule has 0 aromatic carbocycles. The smallest absolute Gasteiger partial charge is 0.157 e. The lowest BCUT2D eigenvalue weighted by atomic mass is 10.1. The van der Waals surface area contributed by atoms with Crippen LogP contribution in [0.4, 0.5) is 0 Å². The number of hydrogen-bond donors (Lipinski definition) is 5. The van der Waals surface area contributed by atoms with Crippen molar-refractivity contribution in [2.75, 3.05) is 6.61 Å². The molecule has 0 unspecified atom stereocenters. The quantitative estimate of drug-likeness (QED) is 0.455. The largest absolute Gasteiger partial charge is 0.394 e. The summed E-state index contributed by atoms with van der Waals surface area (Å²) in [5, 5.41) is 35.5. The summed E-state index contributed by atoms with van der Waals surface area (Å²) in [5.41, 5.74) is 1.49. The van der Waals surface area contributed by atoms with Crippen LogP contribution in [0.15, 0.2) is 6.33 Å². The highest BCUT2D eigenvalue weighted by Crippen LogP contribution is 2.34. The van der Waals surface area contributed by atoms with E-state index in [1.54, 1.807) is 0 Å². The SMILES string of the molecule is OC[C@@H]1O[C@@H](c2[nH]nc3c(=S)nc[nH]c23)[C@H](O)[C@@H]1O. The number of H-pyrrole nitrogens is 2. The zero-order chi connectivity index (χ0) is 13.6. The lowest BCUT2D eigenvalue weighted by Crippen LogP contribution is -2.32. The molecule has 9 heteroatoms. The molecule has 2 aromatic rings. The molecule has 5 N–H and O–H groups in total. The highest BCUT2D eigenvalue weighted by atomic mass is 32.1. The molecular weight excluding hydrogens is 272 g/mol. The van der Waals surface area contributed by atoms with E-state index in [0.717, 1.165) is 0 Å². The number of aromatic amines is 2. The van der Waals surface area contributed by atoms with Crippen molar-refractivity contribution < 1.29 is 20.1 Å². The van der Waals surface area contributed by atoms with Gasteiger partial charge < -0.3 is 25.0 Å². The van der Waals surface area contributed by atoms with Crippen molar-refractivity contribution in [3.63, 3.8) is 0 Å². The Morgan fingerprint density at radius 3 is 2.84 bits per heavy atom. The molecule has 0 saturated carbocycles. The van der Waals surface area contributed by atoms with Gasteiger partial charge in [-0.1, -0.05) is 12.2 Å². The molecule has 102 valence electrons. The van der Waals surface area contributed by atoms with Crippen LogP contribution >= 0.6 is 12.2 Å². The third kappa shape index (κ3) is 1.86. The maximum absolute atomic E-state index is 9.97. The maximum atomic E-state index is 9.97. The average molecular weight is 284 g/mol. The summed E-state index contributed by atoms with van der Waals surface area (Å²) in [6, 6.07) is 0. The van der Waals surface area contributed by atoms with Crippen LogP contribution in [0.3, 0.4) is 0 Å². The molecule has 0 amide bonds. The van der Waals surface area contributed by atoms with E-state index in [-0.39, 0.29) is 6.61 Å². The number of aliphatic hydroxyl groups is 3. The minimum absolute atomic E-state index is 0.322. The van der Waals surface area contributed by atoms with E-state index < -0.39 is 24.4 Å². The molecule has 0 radical (unpaired) electrons. The summed E-state index contributed by atoms with van der Waals surface area (Å²) >= 11 is 5.03. The fourth-order valence-electron chi connectivity index (χ4n) is 2.22. The zero-order valence-corrected chi connectivity index (χ0v) is 10.5. The van der Waals surface area contributed by atoms with E-state index in [0.29, 0.717) is 21.4 Å². The number of nitrogens with one attached hydrogen (secondary N) is 2. The molecule has 4 atom stereocenters. The highest BCUT2D eigenvalue weighted by Gasteiger charge is 2.44. The summed E-state index contributed by atoms with van der Waals surface area (Å²) in [6.45, 7) is -0.377. The number of hydrogen-bond acceptors (Lipinski definition) is 7. The molecule has 19 heavy (non-hydrogen) atoms. The fourth-order valence-corrected chi connectivity index (χ4v) is 2.42. The number of fused-ring (bicyclic) bond motifs is 1. The maximum Gasteiger partial charge on any atom is 0.157 e. The van der Waals surface area contributed by atoms with E-state index in [1.807, 2.05) is 0 Å². The van der Waals surface area contributed by atoms with Crippen LogP contribution in [-0.4, -0.2) is 60.4 Å². The van der Waals surface area contributed by atoms with Crippen LogP contribution in [0.25, 0.3) is 11.0 Å². The highest BCUT2D eigenvalue weighted by molar-refractivity contribution is 7.71. The van der Waals surface area contributed by atoms with Crippen LogP contribution in [0.1, 0.15) is 11.8 Å². The number of aromatic nitrogens is 4. The zero-order valence-electron chi connectivity index (χ0n) is 9.65. The van der Waals surface area contributed by atoms with Crippen molar-refractivity contribution in [1.29, 1.82) is 0 Å².